The first-order valence-electron chi connectivity index (χ1n) is 7.00. The molecule has 1 saturated carbocycles. The summed E-state index contributed by atoms with van der Waals surface area (Å²) in [6.45, 7) is 0.778. The number of nitrogens with zero attached hydrogens (tertiary/aromatic N) is 1. The number of fused-ring (bicyclic) bond motifs is 1. The van der Waals surface area contributed by atoms with Gasteiger partial charge in [-0.2, -0.15) is 0 Å². The molecule has 3 rings (SSSR count). The van der Waals surface area contributed by atoms with E-state index in [1.54, 1.807) is 0 Å². The van der Waals surface area contributed by atoms with Crippen molar-refractivity contribution in [1.29, 1.82) is 0 Å². The van der Waals surface area contributed by atoms with E-state index in [4.69, 9.17) is 17.3 Å². The predicted molar refractivity (Wildman–Crippen MR) is 84.7 cm³/mol. The Hall–Kier alpha value is -0.770. The molecule has 2 unspecified atom stereocenters. The van der Waals surface area contributed by atoms with Crippen LogP contribution in [-0.4, -0.2) is 18.5 Å². The molecule has 0 saturated heterocycles. The molecule has 3 nitrogen and oxygen atoms in total. The third-order valence-corrected chi connectivity index (χ3v) is 4.51. The maximum absolute atomic E-state index is 12.6. The van der Waals surface area contributed by atoms with Crippen LogP contribution in [0.1, 0.15) is 31.2 Å². The van der Waals surface area contributed by atoms with Gasteiger partial charge in [0.25, 0.3) is 0 Å². The number of hydrogen-bond donors (Lipinski definition) is 1. The molecule has 1 aromatic carbocycles. The fraction of sp³-hybridized carbons (Fsp3) is 0.533. The minimum Gasteiger partial charge on any atom is -0.328 e. The lowest BCUT2D eigenvalue weighted by molar-refractivity contribution is -0.123. The molecule has 0 bridgehead atoms. The normalized spacial score (nSPS) is 25.0. The number of carbonyl (C=O) groups excluding carboxylic acids is 1. The van der Waals surface area contributed by atoms with E-state index in [2.05, 4.69) is 0 Å². The lowest BCUT2D eigenvalue weighted by Gasteiger charge is -2.29. The molecule has 0 spiro atoms. The van der Waals surface area contributed by atoms with Crippen LogP contribution in [0.2, 0.25) is 5.02 Å². The standard InChI is InChI=1S/C15H19ClN2O.ClH/c16-12-5-4-10-6-7-18(14(10)9-12)15(19)11-2-1-3-13(17)8-11;/h4-5,9,11,13H,1-3,6-8,17H2;1H. The zero-order valence-electron chi connectivity index (χ0n) is 11.3. The Kier molecular flexibility index (Phi) is 4.95. The Morgan fingerprint density at radius 2 is 2.15 bits per heavy atom. The van der Waals surface area contributed by atoms with Crippen molar-refractivity contribution in [3.63, 3.8) is 0 Å². The van der Waals surface area contributed by atoms with Gasteiger partial charge in [-0.1, -0.05) is 24.1 Å². The maximum atomic E-state index is 12.6. The molecule has 1 aliphatic heterocycles. The smallest absolute Gasteiger partial charge is 0.230 e. The predicted octanol–water partition coefficient (Wildman–Crippen LogP) is 3.17. The fourth-order valence-corrected chi connectivity index (χ4v) is 3.42. The van der Waals surface area contributed by atoms with E-state index >= 15 is 0 Å². The van der Waals surface area contributed by atoms with E-state index in [9.17, 15) is 4.79 Å². The fourth-order valence-electron chi connectivity index (χ4n) is 3.25. The van der Waals surface area contributed by atoms with Crippen molar-refractivity contribution < 1.29 is 4.79 Å². The van der Waals surface area contributed by atoms with Crippen molar-refractivity contribution >= 4 is 35.6 Å². The largest absolute Gasteiger partial charge is 0.328 e. The Balaban J connectivity index is 0.00000147. The van der Waals surface area contributed by atoms with Gasteiger partial charge in [-0.05, 0) is 43.4 Å². The SMILES string of the molecule is Cl.NC1CCCC(C(=O)N2CCc3ccc(Cl)cc32)C1. The Morgan fingerprint density at radius 1 is 1.35 bits per heavy atom. The summed E-state index contributed by atoms with van der Waals surface area (Å²) >= 11 is 6.04. The number of nitrogens with two attached hydrogens (primary N) is 1. The first-order valence-corrected chi connectivity index (χ1v) is 7.38. The summed E-state index contributed by atoms with van der Waals surface area (Å²) in [5, 5.41) is 0.693. The highest BCUT2D eigenvalue weighted by Crippen LogP contribution is 2.34. The number of hydrogen-bond acceptors (Lipinski definition) is 2. The molecule has 1 aliphatic carbocycles. The van der Waals surface area contributed by atoms with Crippen LogP contribution >= 0.6 is 24.0 Å². The summed E-state index contributed by atoms with van der Waals surface area (Å²) in [5.41, 5.74) is 8.21. The van der Waals surface area contributed by atoms with E-state index in [0.717, 1.165) is 44.3 Å². The average Bonchev–Trinajstić information content (AvgIpc) is 2.80. The number of anilines is 1. The zero-order valence-corrected chi connectivity index (χ0v) is 12.9. The molecule has 110 valence electrons. The number of amides is 1. The van der Waals surface area contributed by atoms with E-state index in [1.807, 2.05) is 23.1 Å². The monoisotopic (exact) mass is 314 g/mol. The van der Waals surface area contributed by atoms with Gasteiger partial charge >= 0.3 is 0 Å². The molecule has 20 heavy (non-hydrogen) atoms. The second-order valence-corrected chi connectivity index (χ2v) is 6.07. The second kappa shape index (κ2) is 6.33. The molecular formula is C15H20Cl2N2O. The topological polar surface area (TPSA) is 46.3 Å². The molecule has 5 heteroatoms. The minimum atomic E-state index is 0. The third-order valence-electron chi connectivity index (χ3n) is 4.27. The van der Waals surface area contributed by atoms with Crippen LogP contribution in [0.4, 0.5) is 5.69 Å². The second-order valence-electron chi connectivity index (χ2n) is 5.64. The quantitative estimate of drug-likeness (QED) is 0.865. The Bertz CT molecular complexity index is 507. The van der Waals surface area contributed by atoms with Crippen LogP contribution in [0.5, 0.6) is 0 Å². The van der Waals surface area contributed by atoms with E-state index < -0.39 is 0 Å². The first kappa shape index (κ1) is 15.6. The Morgan fingerprint density at radius 3 is 2.90 bits per heavy atom. The molecule has 2 N–H and O–H groups in total. The van der Waals surface area contributed by atoms with Crippen molar-refractivity contribution in [2.24, 2.45) is 11.7 Å². The van der Waals surface area contributed by atoms with Crippen LogP contribution in [0.15, 0.2) is 18.2 Å². The maximum Gasteiger partial charge on any atom is 0.230 e. The highest BCUT2D eigenvalue weighted by atomic mass is 35.5. The highest BCUT2D eigenvalue weighted by molar-refractivity contribution is 6.31. The molecule has 2 atom stereocenters. The van der Waals surface area contributed by atoms with Crippen LogP contribution in [0, 0.1) is 5.92 Å². The van der Waals surface area contributed by atoms with Gasteiger partial charge in [0.2, 0.25) is 5.91 Å². The molecule has 1 fully saturated rings. The number of halogens is 2. The summed E-state index contributed by atoms with van der Waals surface area (Å²) in [6.07, 6.45) is 4.83. The van der Waals surface area contributed by atoms with Crippen molar-refractivity contribution in [1.82, 2.24) is 0 Å². The van der Waals surface area contributed by atoms with Crippen LogP contribution < -0.4 is 10.6 Å². The number of benzene rings is 1. The Labute approximate surface area is 130 Å². The van der Waals surface area contributed by atoms with Crippen molar-refractivity contribution in [3.05, 3.63) is 28.8 Å². The van der Waals surface area contributed by atoms with Crippen LogP contribution in [-0.2, 0) is 11.2 Å². The van der Waals surface area contributed by atoms with Gasteiger partial charge in [-0.15, -0.1) is 12.4 Å². The summed E-state index contributed by atoms with van der Waals surface area (Å²) in [4.78, 5) is 14.6. The molecule has 1 amide bonds. The van der Waals surface area contributed by atoms with Crippen LogP contribution in [0.3, 0.4) is 0 Å². The number of rotatable bonds is 1. The summed E-state index contributed by atoms with van der Waals surface area (Å²) in [6, 6.07) is 6.01. The molecular weight excluding hydrogens is 295 g/mol. The third kappa shape index (κ3) is 2.95. The van der Waals surface area contributed by atoms with E-state index in [0.29, 0.717) is 5.02 Å². The van der Waals surface area contributed by atoms with Crippen molar-refractivity contribution in [2.75, 3.05) is 11.4 Å². The van der Waals surface area contributed by atoms with Crippen LogP contribution in [0.25, 0.3) is 0 Å². The van der Waals surface area contributed by atoms with Crippen molar-refractivity contribution in [3.8, 4) is 0 Å². The first-order chi connectivity index (χ1) is 9.15. The molecule has 1 aromatic rings. The van der Waals surface area contributed by atoms with E-state index in [1.165, 1.54) is 5.56 Å². The van der Waals surface area contributed by atoms with Gasteiger partial charge in [-0.3, -0.25) is 4.79 Å². The summed E-state index contributed by atoms with van der Waals surface area (Å²) in [5.74, 6) is 0.324. The van der Waals surface area contributed by atoms with Gasteiger partial charge in [0.15, 0.2) is 0 Å². The average molecular weight is 315 g/mol. The number of carbonyl (C=O) groups is 1. The lowest BCUT2D eigenvalue weighted by Crippen LogP contribution is -2.40. The molecule has 0 radical (unpaired) electrons. The van der Waals surface area contributed by atoms with Gasteiger partial charge in [0.1, 0.15) is 0 Å². The van der Waals surface area contributed by atoms with Gasteiger partial charge in [0.05, 0.1) is 0 Å². The zero-order chi connectivity index (χ0) is 13.4. The molecule has 0 aromatic heterocycles. The van der Waals surface area contributed by atoms with E-state index in [-0.39, 0.29) is 30.3 Å². The van der Waals surface area contributed by atoms with Crippen molar-refractivity contribution in [2.45, 2.75) is 38.1 Å². The summed E-state index contributed by atoms with van der Waals surface area (Å²) < 4.78 is 0. The molecule has 2 aliphatic rings. The highest BCUT2D eigenvalue weighted by Gasteiger charge is 2.32. The van der Waals surface area contributed by atoms with Gasteiger partial charge < -0.3 is 10.6 Å². The van der Waals surface area contributed by atoms with Gasteiger partial charge in [-0.25, -0.2) is 0 Å². The van der Waals surface area contributed by atoms with Gasteiger partial charge in [0, 0.05) is 29.2 Å². The summed E-state index contributed by atoms with van der Waals surface area (Å²) in [7, 11) is 0. The minimum absolute atomic E-state index is 0. The molecule has 1 heterocycles. The lowest BCUT2D eigenvalue weighted by atomic mass is 9.85.